The van der Waals surface area contributed by atoms with E-state index in [0.29, 0.717) is 26.3 Å². The van der Waals surface area contributed by atoms with Gasteiger partial charge in [0.15, 0.2) is 0 Å². The van der Waals surface area contributed by atoms with Crippen molar-refractivity contribution >= 4 is 11.8 Å². The fraction of sp³-hybridized carbons (Fsp3) is 0.571. The van der Waals surface area contributed by atoms with Gasteiger partial charge in [-0.1, -0.05) is 6.07 Å². The lowest BCUT2D eigenvalue weighted by molar-refractivity contribution is -0.364. The topological polar surface area (TPSA) is 50.2 Å². The number of anilines is 1. The van der Waals surface area contributed by atoms with E-state index in [0.717, 1.165) is 32.0 Å². The molecule has 3 rings (SSSR count). The van der Waals surface area contributed by atoms with Crippen LogP contribution in [0.3, 0.4) is 0 Å². The van der Waals surface area contributed by atoms with Crippen molar-refractivity contribution < 1.29 is 14.5 Å². The molecule has 6 nitrogen and oxygen atoms in total. The number of piperazine rings is 1. The maximum absolute atomic E-state index is 12.4. The summed E-state index contributed by atoms with van der Waals surface area (Å²) in [6.07, 6.45) is 1.93. The molecule has 3 heterocycles. The van der Waals surface area contributed by atoms with Crippen molar-refractivity contribution in [3.8, 4) is 0 Å². The van der Waals surface area contributed by atoms with E-state index in [-0.39, 0.29) is 6.03 Å². The molecule has 2 saturated heterocycles. The minimum absolute atomic E-state index is 0.157. The number of ether oxygens (including phenoxy) is 1. The van der Waals surface area contributed by atoms with Crippen molar-refractivity contribution in [2.75, 3.05) is 57.4 Å². The quantitative estimate of drug-likeness (QED) is 0.730. The third kappa shape index (κ3) is 2.85. The summed E-state index contributed by atoms with van der Waals surface area (Å²) in [6, 6.07) is 6.23. The molecule has 2 fully saturated rings. The van der Waals surface area contributed by atoms with Crippen molar-refractivity contribution in [1.82, 2.24) is 9.80 Å². The van der Waals surface area contributed by atoms with Crippen molar-refractivity contribution in [3.63, 3.8) is 0 Å². The van der Waals surface area contributed by atoms with Gasteiger partial charge in [-0.15, -0.1) is 0 Å². The smallest absolute Gasteiger partial charge is 0.320 e. The lowest BCUT2D eigenvalue weighted by Crippen LogP contribution is -2.55. The van der Waals surface area contributed by atoms with E-state index in [1.807, 2.05) is 28.1 Å². The summed E-state index contributed by atoms with van der Waals surface area (Å²) in [5.74, 6) is 1.12. The third-order valence-electron chi connectivity index (χ3n) is 3.87. The van der Waals surface area contributed by atoms with Crippen LogP contribution >= 0.6 is 0 Å². The molecule has 6 heteroatoms. The van der Waals surface area contributed by atoms with E-state index in [1.165, 1.54) is 0 Å². The Labute approximate surface area is 118 Å². The van der Waals surface area contributed by atoms with Gasteiger partial charge in [0.1, 0.15) is 13.1 Å². The van der Waals surface area contributed by atoms with Crippen LogP contribution < -0.4 is 9.88 Å². The Morgan fingerprint density at radius 2 is 1.70 bits per heavy atom. The molecule has 2 aliphatic rings. The fourth-order valence-corrected chi connectivity index (χ4v) is 2.67. The van der Waals surface area contributed by atoms with Crippen LogP contribution in [0.15, 0.2) is 24.4 Å². The van der Waals surface area contributed by atoms with Gasteiger partial charge >= 0.3 is 6.03 Å². The zero-order valence-corrected chi connectivity index (χ0v) is 11.6. The highest BCUT2D eigenvalue weighted by Gasteiger charge is 2.29. The Morgan fingerprint density at radius 3 is 2.35 bits per heavy atom. The first kappa shape index (κ1) is 13.2. The lowest BCUT2D eigenvalue weighted by Gasteiger charge is -2.36. The Hall–Kier alpha value is -1.82. The monoisotopic (exact) mass is 277 g/mol. The average Bonchev–Trinajstić information content (AvgIpc) is 2.56. The van der Waals surface area contributed by atoms with Crippen LogP contribution in [0, 0.1) is 0 Å². The maximum atomic E-state index is 12.4. The first-order valence-electron chi connectivity index (χ1n) is 7.18. The van der Waals surface area contributed by atoms with E-state index in [1.54, 1.807) is 0 Å². The van der Waals surface area contributed by atoms with Crippen LogP contribution in [-0.2, 0) is 4.74 Å². The number of hydrogen-bond acceptors (Lipinski definition) is 3. The standard InChI is InChI=1S/C14H20N4O2/c19-14(18-9-11-20-12-10-18)17-7-5-16(6-8-17)13-3-1-2-4-15-13/h1-4H,5-12H2/p+1. The molecule has 1 N–H and O–H groups in total. The minimum atomic E-state index is 0.157. The number of aromatic nitrogens is 1. The SMILES string of the molecule is O=C(N1CCOCC1)N1CCN(c2cccc[nH+]2)CC1. The van der Waals surface area contributed by atoms with E-state index in [2.05, 4.69) is 16.0 Å². The van der Waals surface area contributed by atoms with E-state index >= 15 is 0 Å². The number of H-pyrrole nitrogens is 1. The highest BCUT2D eigenvalue weighted by Crippen LogP contribution is 2.12. The van der Waals surface area contributed by atoms with Crippen LogP contribution in [-0.4, -0.2) is 68.3 Å². The van der Waals surface area contributed by atoms with Crippen molar-refractivity contribution in [2.24, 2.45) is 0 Å². The Morgan fingerprint density at radius 1 is 1.00 bits per heavy atom. The zero-order valence-electron chi connectivity index (χ0n) is 11.6. The molecule has 2 amide bonds. The van der Waals surface area contributed by atoms with Crippen LogP contribution in [0.4, 0.5) is 10.6 Å². The summed E-state index contributed by atoms with van der Waals surface area (Å²) in [6.45, 7) is 6.04. The molecule has 20 heavy (non-hydrogen) atoms. The van der Waals surface area contributed by atoms with Crippen molar-refractivity contribution in [1.29, 1.82) is 0 Å². The molecule has 1 aromatic heterocycles. The highest BCUT2D eigenvalue weighted by atomic mass is 16.5. The minimum Gasteiger partial charge on any atom is -0.378 e. The Balaban J connectivity index is 1.54. The number of morpholine rings is 1. The van der Waals surface area contributed by atoms with Crippen molar-refractivity contribution in [2.45, 2.75) is 0 Å². The third-order valence-corrected chi connectivity index (χ3v) is 3.87. The molecule has 0 bridgehead atoms. The van der Waals surface area contributed by atoms with Gasteiger partial charge in [-0.2, -0.15) is 0 Å². The first-order chi connectivity index (χ1) is 9.84. The number of pyridine rings is 1. The van der Waals surface area contributed by atoms with Gasteiger partial charge in [-0.25, -0.2) is 9.78 Å². The molecule has 0 atom stereocenters. The summed E-state index contributed by atoms with van der Waals surface area (Å²) in [5.41, 5.74) is 0. The molecular formula is C14H21N4O2+. The van der Waals surface area contributed by atoms with Crippen LogP contribution in [0.5, 0.6) is 0 Å². The normalized spacial score (nSPS) is 20.1. The molecule has 2 aliphatic heterocycles. The second kappa shape index (κ2) is 6.09. The Kier molecular flexibility index (Phi) is 4.01. The zero-order chi connectivity index (χ0) is 13.8. The summed E-state index contributed by atoms with van der Waals surface area (Å²) in [5, 5.41) is 0. The number of hydrogen-bond donors (Lipinski definition) is 0. The molecule has 0 unspecified atom stereocenters. The number of urea groups is 1. The summed E-state index contributed by atoms with van der Waals surface area (Å²) < 4.78 is 5.29. The number of carbonyl (C=O) groups is 1. The molecule has 0 spiro atoms. The number of carbonyl (C=O) groups excluding carboxylic acids is 1. The van der Waals surface area contributed by atoms with Crippen LogP contribution in [0.25, 0.3) is 0 Å². The van der Waals surface area contributed by atoms with Gasteiger partial charge in [0.05, 0.1) is 32.5 Å². The van der Waals surface area contributed by atoms with Gasteiger partial charge < -0.3 is 14.5 Å². The largest absolute Gasteiger partial charge is 0.378 e. The van der Waals surface area contributed by atoms with Gasteiger partial charge in [-0.05, 0) is 6.07 Å². The second-order valence-corrected chi connectivity index (χ2v) is 5.10. The molecule has 0 aliphatic carbocycles. The number of rotatable bonds is 1. The number of aromatic amines is 1. The van der Waals surface area contributed by atoms with Gasteiger partial charge in [0.2, 0.25) is 0 Å². The average molecular weight is 277 g/mol. The van der Waals surface area contributed by atoms with Gasteiger partial charge in [0.25, 0.3) is 5.82 Å². The van der Waals surface area contributed by atoms with E-state index in [4.69, 9.17) is 4.74 Å². The predicted molar refractivity (Wildman–Crippen MR) is 74.6 cm³/mol. The second-order valence-electron chi connectivity index (χ2n) is 5.10. The molecule has 1 aromatic rings. The number of nitrogens with one attached hydrogen (secondary N) is 1. The molecular weight excluding hydrogens is 256 g/mol. The van der Waals surface area contributed by atoms with Gasteiger partial charge in [0, 0.05) is 19.2 Å². The van der Waals surface area contributed by atoms with Crippen LogP contribution in [0.2, 0.25) is 0 Å². The van der Waals surface area contributed by atoms with E-state index in [9.17, 15) is 4.79 Å². The summed E-state index contributed by atoms with van der Waals surface area (Å²) in [4.78, 5) is 21.7. The van der Waals surface area contributed by atoms with Crippen molar-refractivity contribution in [3.05, 3.63) is 24.4 Å². The predicted octanol–water partition coefficient (Wildman–Crippen LogP) is 0.0749. The van der Waals surface area contributed by atoms with E-state index < -0.39 is 0 Å². The number of amides is 2. The first-order valence-corrected chi connectivity index (χ1v) is 7.18. The van der Waals surface area contributed by atoms with Crippen LogP contribution in [0.1, 0.15) is 0 Å². The summed E-state index contributed by atoms with van der Waals surface area (Å²) in [7, 11) is 0. The molecule has 0 aromatic carbocycles. The fourth-order valence-electron chi connectivity index (χ4n) is 2.67. The maximum Gasteiger partial charge on any atom is 0.320 e. The lowest BCUT2D eigenvalue weighted by atomic mass is 10.3. The molecule has 108 valence electrons. The number of nitrogens with zero attached hydrogens (tertiary/aromatic N) is 3. The Bertz CT molecular complexity index is 440. The molecule has 0 radical (unpaired) electrons. The highest BCUT2D eigenvalue weighted by molar-refractivity contribution is 5.74. The summed E-state index contributed by atoms with van der Waals surface area (Å²) >= 11 is 0. The molecule has 0 saturated carbocycles. The van der Waals surface area contributed by atoms with Gasteiger partial charge in [-0.3, -0.25) is 4.90 Å².